The molecule has 0 aliphatic rings. The van der Waals surface area contributed by atoms with Crippen LogP contribution >= 0.6 is 11.8 Å². The predicted octanol–water partition coefficient (Wildman–Crippen LogP) is 2.11. The van der Waals surface area contributed by atoms with Crippen LogP contribution in [0.1, 0.15) is 0 Å². The maximum Gasteiger partial charge on any atom is 0.325 e. The van der Waals surface area contributed by atoms with Gasteiger partial charge in [0.15, 0.2) is 5.17 Å². The van der Waals surface area contributed by atoms with Gasteiger partial charge in [-0.3, -0.25) is 10.7 Å². The van der Waals surface area contributed by atoms with Crippen LogP contribution in [0.4, 0.5) is 10.5 Å². The van der Waals surface area contributed by atoms with Crippen molar-refractivity contribution in [1.29, 1.82) is 5.41 Å². The van der Waals surface area contributed by atoms with Crippen molar-refractivity contribution in [2.45, 2.75) is 0 Å². The minimum atomic E-state index is -0.393. The van der Waals surface area contributed by atoms with Crippen molar-refractivity contribution >= 4 is 28.6 Å². The maximum absolute atomic E-state index is 11.2. The van der Waals surface area contributed by atoms with Crippen molar-refractivity contribution in [2.24, 2.45) is 0 Å². The fourth-order valence-electron chi connectivity index (χ4n) is 0.838. The molecule has 0 heterocycles. The molecular formula is C9H11N3OS. The smallest absolute Gasteiger partial charge is 0.308 e. The van der Waals surface area contributed by atoms with E-state index in [0.29, 0.717) is 5.69 Å². The molecule has 0 atom stereocenters. The third kappa shape index (κ3) is 3.49. The fourth-order valence-corrected chi connectivity index (χ4v) is 1.03. The topological polar surface area (TPSA) is 65.0 Å². The highest BCUT2D eigenvalue weighted by Crippen LogP contribution is 2.04. The number of para-hydroxylation sites is 1. The van der Waals surface area contributed by atoms with Gasteiger partial charge in [0.2, 0.25) is 0 Å². The molecule has 1 aromatic rings. The Morgan fingerprint density at radius 3 is 2.57 bits per heavy atom. The molecule has 5 heteroatoms. The first-order valence-electron chi connectivity index (χ1n) is 3.98. The van der Waals surface area contributed by atoms with Crippen LogP contribution in [-0.2, 0) is 0 Å². The van der Waals surface area contributed by atoms with Gasteiger partial charge < -0.3 is 5.32 Å². The highest BCUT2D eigenvalue weighted by atomic mass is 32.2. The molecule has 0 aromatic heterocycles. The van der Waals surface area contributed by atoms with Crippen molar-refractivity contribution in [3.8, 4) is 0 Å². The molecule has 0 aliphatic heterocycles. The summed E-state index contributed by atoms with van der Waals surface area (Å²) in [6.45, 7) is 0. The summed E-state index contributed by atoms with van der Waals surface area (Å²) in [6.07, 6.45) is 1.73. The van der Waals surface area contributed by atoms with Crippen molar-refractivity contribution in [3.63, 3.8) is 0 Å². The van der Waals surface area contributed by atoms with Crippen LogP contribution in [0.25, 0.3) is 0 Å². The highest BCUT2D eigenvalue weighted by Gasteiger charge is 2.02. The van der Waals surface area contributed by atoms with Gasteiger partial charge in [0, 0.05) is 5.69 Å². The number of benzene rings is 1. The van der Waals surface area contributed by atoms with Crippen LogP contribution in [0.2, 0.25) is 0 Å². The van der Waals surface area contributed by atoms with E-state index >= 15 is 0 Å². The lowest BCUT2D eigenvalue weighted by atomic mass is 10.3. The Bertz CT molecular complexity index is 326. The zero-order valence-electron chi connectivity index (χ0n) is 7.70. The van der Waals surface area contributed by atoms with Crippen molar-refractivity contribution < 1.29 is 4.79 Å². The van der Waals surface area contributed by atoms with Crippen LogP contribution in [0.3, 0.4) is 0 Å². The summed E-state index contributed by atoms with van der Waals surface area (Å²) in [4.78, 5) is 11.2. The molecular weight excluding hydrogens is 198 g/mol. The minimum Gasteiger partial charge on any atom is -0.308 e. The Kier molecular flexibility index (Phi) is 4.00. The number of nitrogens with one attached hydrogen (secondary N) is 3. The second-order valence-electron chi connectivity index (χ2n) is 2.48. The zero-order chi connectivity index (χ0) is 10.4. The minimum absolute atomic E-state index is 0.124. The molecule has 0 saturated carbocycles. The molecule has 0 fully saturated rings. The van der Waals surface area contributed by atoms with E-state index < -0.39 is 6.03 Å². The number of hydrogen-bond acceptors (Lipinski definition) is 3. The average molecular weight is 209 g/mol. The molecule has 4 nitrogen and oxygen atoms in total. The molecule has 0 aliphatic carbocycles. The lowest BCUT2D eigenvalue weighted by Crippen LogP contribution is -2.31. The molecule has 74 valence electrons. The van der Waals surface area contributed by atoms with Crippen LogP contribution in [0, 0.1) is 5.41 Å². The highest BCUT2D eigenvalue weighted by molar-refractivity contribution is 8.13. The van der Waals surface area contributed by atoms with Crippen LogP contribution in [0.15, 0.2) is 30.3 Å². The lowest BCUT2D eigenvalue weighted by molar-refractivity contribution is 0.256. The van der Waals surface area contributed by atoms with Crippen LogP contribution in [-0.4, -0.2) is 17.5 Å². The number of thioether (sulfide) groups is 1. The Hall–Kier alpha value is -1.49. The maximum atomic E-state index is 11.2. The van der Waals surface area contributed by atoms with Crippen LogP contribution < -0.4 is 10.6 Å². The summed E-state index contributed by atoms with van der Waals surface area (Å²) in [5.41, 5.74) is 0.707. The summed E-state index contributed by atoms with van der Waals surface area (Å²) in [6, 6.07) is 8.69. The molecule has 3 N–H and O–H groups in total. The molecule has 0 bridgehead atoms. The summed E-state index contributed by atoms with van der Waals surface area (Å²) in [7, 11) is 0. The third-order valence-electron chi connectivity index (χ3n) is 1.46. The van der Waals surface area contributed by atoms with E-state index in [1.165, 1.54) is 11.8 Å². The average Bonchev–Trinajstić information content (AvgIpc) is 2.19. The summed E-state index contributed by atoms with van der Waals surface area (Å²) >= 11 is 1.18. The number of anilines is 1. The largest absolute Gasteiger partial charge is 0.325 e. The molecule has 14 heavy (non-hydrogen) atoms. The molecule has 1 rings (SSSR count). The van der Waals surface area contributed by atoms with Crippen molar-refractivity contribution in [3.05, 3.63) is 30.3 Å². The number of urea groups is 1. The van der Waals surface area contributed by atoms with Gasteiger partial charge in [-0.25, -0.2) is 4.79 Å². The monoisotopic (exact) mass is 209 g/mol. The molecule has 1 aromatic carbocycles. The molecule has 0 radical (unpaired) electrons. The number of carbonyl (C=O) groups is 1. The molecule has 0 unspecified atom stereocenters. The Morgan fingerprint density at radius 1 is 1.36 bits per heavy atom. The van der Waals surface area contributed by atoms with Crippen molar-refractivity contribution in [2.75, 3.05) is 11.6 Å². The van der Waals surface area contributed by atoms with Gasteiger partial charge in [0.1, 0.15) is 0 Å². The Morgan fingerprint density at radius 2 is 2.00 bits per heavy atom. The van der Waals surface area contributed by atoms with E-state index in [1.54, 1.807) is 18.4 Å². The van der Waals surface area contributed by atoms with Crippen LogP contribution in [0.5, 0.6) is 0 Å². The van der Waals surface area contributed by atoms with E-state index in [2.05, 4.69) is 10.6 Å². The normalized spacial score (nSPS) is 9.21. The Balaban J connectivity index is 2.46. The second-order valence-corrected chi connectivity index (χ2v) is 3.29. The SMILES string of the molecule is CSC(=N)NC(=O)Nc1ccccc1. The molecule has 0 saturated heterocycles. The predicted molar refractivity (Wildman–Crippen MR) is 59.8 cm³/mol. The first-order valence-corrected chi connectivity index (χ1v) is 5.20. The van der Waals surface area contributed by atoms with Gasteiger partial charge in [-0.15, -0.1) is 0 Å². The second kappa shape index (κ2) is 5.29. The van der Waals surface area contributed by atoms with Gasteiger partial charge in [0.05, 0.1) is 0 Å². The quantitative estimate of drug-likeness (QED) is 0.490. The van der Waals surface area contributed by atoms with Gasteiger partial charge in [-0.05, 0) is 18.4 Å². The first kappa shape index (κ1) is 10.6. The summed E-state index contributed by atoms with van der Waals surface area (Å²) in [5.74, 6) is 0. The zero-order valence-corrected chi connectivity index (χ0v) is 8.52. The van der Waals surface area contributed by atoms with E-state index in [4.69, 9.17) is 5.41 Å². The standard InChI is InChI=1S/C9H11N3OS/c1-14-8(10)12-9(13)11-7-5-3-2-4-6-7/h2-6H,1H3,(H3,10,11,12,13). The summed E-state index contributed by atoms with van der Waals surface area (Å²) < 4.78 is 0. The lowest BCUT2D eigenvalue weighted by Gasteiger charge is -2.05. The van der Waals surface area contributed by atoms with E-state index in [9.17, 15) is 4.79 Å². The van der Waals surface area contributed by atoms with Gasteiger partial charge in [-0.1, -0.05) is 30.0 Å². The van der Waals surface area contributed by atoms with Gasteiger partial charge >= 0.3 is 6.03 Å². The van der Waals surface area contributed by atoms with E-state index in [0.717, 1.165) is 0 Å². The molecule has 2 amide bonds. The number of rotatable bonds is 1. The first-order chi connectivity index (χ1) is 6.72. The number of amides is 2. The molecule has 0 spiro atoms. The third-order valence-corrected chi connectivity index (χ3v) is 1.97. The van der Waals surface area contributed by atoms with Gasteiger partial charge in [-0.2, -0.15) is 0 Å². The number of carbonyl (C=O) groups excluding carboxylic acids is 1. The van der Waals surface area contributed by atoms with Gasteiger partial charge in [0.25, 0.3) is 0 Å². The Labute approximate surface area is 86.6 Å². The fraction of sp³-hybridized carbons (Fsp3) is 0.111. The van der Waals surface area contributed by atoms with E-state index in [1.807, 2.05) is 18.2 Å². The number of hydrogen-bond donors (Lipinski definition) is 3. The van der Waals surface area contributed by atoms with E-state index in [-0.39, 0.29) is 5.17 Å². The number of amidine groups is 1. The summed E-state index contributed by atoms with van der Waals surface area (Å²) in [5, 5.41) is 12.3. The van der Waals surface area contributed by atoms with Crippen molar-refractivity contribution in [1.82, 2.24) is 5.32 Å².